The molecule has 6 atom stereocenters. The standard InChI is InChI=1S/C25H24ClNO5/c26-18-11-12-27-19(13-18)14-20-22-23(32-24(29-20)16-7-3-1-4-8-16)21(15-28)30-25(31-22)17-9-5-2-6-10-17/h1-13,20-25,28H,14-15H2/t20-,21-,22+,23-,24?,25?/m1/s1. The topological polar surface area (TPSA) is 70.0 Å². The van der Waals surface area contributed by atoms with Crippen molar-refractivity contribution in [2.45, 2.75) is 43.4 Å². The number of hydrogen-bond donors (Lipinski definition) is 1. The highest BCUT2D eigenvalue weighted by Crippen LogP contribution is 2.41. The lowest BCUT2D eigenvalue weighted by atomic mass is 9.95. The molecule has 7 heteroatoms. The zero-order chi connectivity index (χ0) is 21.9. The number of benzene rings is 2. The van der Waals surface area contributed by atoms with Gasteiger partial charge in [0.25, 0.3) is 0 Å². The molecule has 2 aliphatic rings. The second-order valence-electron chi connectivity index (χ2n) is 7.89. The molecule has 0 aliphatic carbocycles. The third-order valence-electron chi connectivity index (χ3n) is 5.73. The molecule has 0 saturated carbocycles. The Bertz CT molecular complexity index is 1020. The molecule has 1 N–H and O–H groups in total. The lowest BCUT2D eigenvalue weighted by molar-refractivity contribution is -0.384. The van der Waals surface area contributed by atoms with Crippen LogP contribution in [0.2, 0.25) is 5.02 Å². The minimum atomic E-state index is -0.634. The predicted octanol–water partition coefficient (Wildman–Crippen LogP) is 4.24. The lowest BCUT2D eigenvalue weighted by Gasteiger charge is -2.49. The SMILES string of the molecule is OC[C@H]1OC(c2ccccc2)O[C@@H]2[C@@H]1OC(c1ccccc1)O[C@@H]2Cc1cc(Cl)ccn1. The summed E-state index contributed by atoms with van der Waals surface area (Å²) in [7, 11) is 0. The summed E-state index contributed by atoms with van der Waals surface area (Å²) in [4.78, 5) is 4.44. The Hall–Kier alpha value is -2.32. The van der Waals surface area contributed by atoms with Gasteiger partial charge >= 0.3 is 0 Å². The van der Waals surface area contributed by atoms with Crippen LogP contribution in [0.4, 0.5) is 0 Å². The molecule has 2 aliphatic heterocycles. The maximum absolute atomic E-state index is 10.1. The van der Waals surface area contributed by atoms with Crippen molar-refractivity contribution in [3.8, 4) is 0 Å². The Labute approximate surface area is 191 Å². The van der Waals surface area contributed by atoms with Crippen LogP contribution in [0.15, 0.2) is 79.0 Å². The van der Waals surface area contributed by atoms with Gasteiger partial charge in [-0.3, -0.25) is 4.98 Å². The van der Waals surface area contributed by atoms with Crippen LogP contribution in [0.1, 0.15) is 29.4 Å². The Morgan fingerprint density at radius 1 is 0.750 bits per heavy atom. The van der Waals surface area contributed by atoms with Gasteiger partial charge in [0.2, 0.25) is 0 Å². The van der Waals surface area contributed by atoms with Gasteiger partial charge in [-0.05, 0) is 12.1 Å². The third kappa shape index (κ3) is 4.57. The Morgan fingerprint density at radius 3 is 1.88 bits per heavy atom. The van der Waals surface area contributed by atoms with Crippen molar-refractivity contribution in [1.82, 2.24) is 4.98 Å². The van der Waals surface area contributed by atoms with E-state index in [1.54, 1.807) is 12.3 Å². The molecule has 0 spiro atoms. The van der Waals surface area contributed by atoms with Crippen LogP contribution in [-0.2, 0) is 25.4 Å². The second-order valence-corrected chi connectivity index (χ2v) is 8.32. The number of pyridine rings is 1. The molecule has 2 unspecified atom stereocenters. The van der Waals surface area contributed by atoms with Gasteiger partial charge in [0, 0.05) is 34.5 Å². The molecular weight excluding hydrogens is 430 g/mol. The molecule has 32 heavy (non-hydrogen) atoms. The third-order valence-corrected chi connectivity index (χ3v) is 5.96. The van der Waals surface area contributed by atoms with E-state index >= 15 is 0 Å². The Morgan fingerprint density at radius 2 is 1.31 bits per heavy atom. The van der Waals surface area contributed by atoms with Crippen LogP contribution in [0.25, 0.3) is 0 Å². The first kappa shape index (κ1) is 21.5. The summed E-state index contributed by atoms with van der Waals surface area (Å²) in [6, 6.07) is 22.9. The molecule has 6 nitrogen and oxygen atoms in total. The van der Waals surface area contributed by atoms with Gasteiger partial charge in [-0.25, -0.2) is 0 Å². The first-order valence-corrected chi connectivity index (χ1v) is 11.0. The second kappa shape index (κ2) is 9.67. The van der Waals surface area contributed by atoms with Crippen LogP contribution >= 0.6 is 11.6 Å². The minimum absolute atomic E-state index is 0.197. The normalized spacial score (nSPS) is 29.9. The van der Waals surface area contributed by atoms with Gasteiger partial charge in [0.15, 0.2) is 12.6 Å². The summed E-state index contributed by atoms with van der Waals surface area (Å²) in [6.07, 6.45) is -1.01. The molecule has 0 amide bonds. The average Bonchev–Trinajstić information content (AvgIpc) is 2.84. The Balaban J connectivity index is 1.47. The van der Waals surface area contributed by atoms with E-state index in [2.05, 4.69) is 4.98 Å². The first-order chi connectivity index (χ1) is 15.7. The number of hydrogen-bond acceptors (Lipinski definition) is 6. The molecule has 5 rings (SSSR count). The van der Waals surface area contributed by atoms with Gasteiger partial charge in [0.1, 0.15) is 18.3 Å². The predicted molar refractivity (Wildman–Crippen MR) is 118 cm³/mol. The number of aromatic nitrogens is 1. The van der Waals surface area contributed by atoms with Crippen molar-refractivity contribution in [1.29, 1.82) is 0 Å². The molecule has 3 aromatic rings. The number of nitrogens with zero attached hydrogens (tertiary/aromatic N) is 1. The van der Waals surface area contributed by atoms with E-state index in [1.807, 2.05) is 66.7 Å². The quantitative estimate of drug-likeness (QED) is 0.623. The summed E-state index contributed by atoms with van der Waals surface area (Å²) in [5, 5.41) is 10.7. The van der Waals surface area contributed by atoms with E-state index in [0.29, 0.717) is 11.4 Å². The van der Waals surface area contributed by atoms with E-state index in [1.165, 1.54) is 0 Å². The fourth-order valence-corrected chi connectivity index (χ4v) is 4.37. The number of ether oxygens (including phenoxy) is 4. The summed E-state index contributed by atoms with van der Waals surface area (Å²) in [5.41, 5.74) is 2.55. The maximum atomic E-state index is 10.1. The molecule has 166 valence electrons. The van der Waals surface area contributed by atoms with E-state index < -0.39 is 30.9 Å². The number of halogens is 1. The van der Waals surface area contributed by atoms with Crippen molar-refractivity contribution in [3.05, 3.63) is 101 Å². The van der Waals surface area contributed by atoms with Crippen LogP contribution in [0, 0.1) is 0 Å². The van der Waals surface area contributed by atoms with E-state index in [-0.39, 0.29) is 12.7 Å². The summed E-state index contributed by atoms with van der Waals surface area (Å²) >= 11 is 6.18. The molecule has 1 aromatic heterocycles. The van der Waals surface area contributed by atoms with E-state index in [0.717, 1.165) is 16.8 Å². The summed E-state index contributed by atoms with van der Waals surface area (Å²) in [6.45, 7) is -0.197. The Kier molecular flexibility index (Phi) is 6.50. The van der Waals surface area contributed by atoms with Crippen molar-refractivity contribution < 1.29 is 24.1 Å². The maximum Gasteiger partial charge on any atom is 0.184 e. The van der Waals surface area contributed by atoms with Gasteiger partial charge < -0.3 is 24.1 Å². The van der Waals surface area contributed by atoms with Gasteiger partial charge in [-0.15, -0.1) is 0 Å². The molecular formula is C25H24ClNO5. The van der Waals surface area contributed by atoms with Gasteiger partial charge in [0.05, 0.1) is 12.7 Å². The molecule has 2 aromatic carbocycles. The molecule has 2 fully saturated rings. The highest BCUT2D eigenvalue weighted by Gasteiger charge is 2.50. The van der Waals surface area contributed by atoms with Crippen LogP contribution in [0.5, 0.6) is 0 Å². The van der Waals surface area contributed by atoms with E-state index in [4.69, 9.17) is 30.5 Å². The lowest BCUT2D eigenvalue weighted by Crippen LogP contribution is -2.59. The van der Waals surface area contributed by atoms with Gasteiger partial charge in [-0.1, -0.05) is 72.3 Å². The average molecular weight is 454 g/mol. The first-order valence-electron chi connectivity index (χ1n) is 10.6. The van der Waals surface area contributed by atoms with Crippen LogP contribution in [0.3, 0.4) is 0 Å². The van der Waals surface area contributed by atoms with Crippen molar-refractivity contribution in [2.24, 2.45) is 0 Å². The molecule has 3 heterocycles. The highest BCUT2D eigenvalue weighted by molar-refractivity contribution is 6.30. The van der Waals surface area contributed by atoms with Crippen molar-refractivity contribution >= 4 is 11.6 Å². The minimum Gasteiger partial charge on any atom is -0.394 e. The zero-order valence-corrected chi connectivity index (χ0v) is 18.0. The largest absolute Gasteiger partial charge is 0.394 e. The van der Waals surface area contributed by atoms with Crippen molar-refractivity contribution in [2.75, 3.05) is 6.61 Å². The number of aliphatic hydroxyl groups excluding tert-OH is 1. The van der Waals surface area contributed by atoms with Crippen LogP contribution in [-0.4, -0.2) is 41.1 Å². The summed E-state index contributed by atoms with van der Waals surface area (Å²) < 4.78 is 25.1. The summed E-state index contributed by atoms with van der Waals surface area (Å²) in [5.74, 6) is 0. The number of rotatable bonds is 5. The zero-order valence-electron chi connectivity index (χ0n) is 17.3. The van der Waals surface area contributed by atoms with E-state index in [9.17, 15) is 5.11 Å². The fraction of sp³-hybridized carbons (Fsp3) is 0.320. The monoisotopic (exact) mass is 453 g/mol. The molecule has 0 radical (unpaired) electrons. The number of fused-ring (bicyclic) bond motifs is 1. The smallest absolute Gasteiger partial charge is 0.184 e. The number of aliphatic hydroxyl groups is 1. The molecule has 2 saturated heterocycles. The van der Waals surface area contributed by atoms with Crippen molar-refractivity contribution in [3.63, 3.8) is 0 Å². The molecule has 0 bridgehead atoms. The highest BCUT2D eigenvalue weighted by atomic mass is 35.5. The fourth-order valence-electron chi connectivity index (χ4n) is 4.19. The van der Waals surface area contributed by atoms with Crippen LogP contribution < -0.4 is 0 Å². The van der Waals surface area contributed by atoms with Gasteiger partial charge in [-0.2, -0.15) is 0 Å².